The Hall–Kier alpha value is -1.79. The Morgan fingerprint density at radius 3 is 2.67 bits per heavy atom. The summed E-state index contributed by atoms with van der Waals surface area (Å²) < 4.78 is 26.2. The van der Waals surface area contributed by atoms with E-state index in [2.05, 4.69) is 16.8 Å². The molecule has 2 unspecified atom stereocenters. The summed E-state index contributed by atoms with van der Waals surface area (Å²) >= 11 is 0. The molecule has 5 nitrogen and oxygen atoms in total. The number of hydrogen-bond acceptors (Lipinski definition) is 4. The van der Waals surface area contributed by atoms with Crippen molar-refractivity contribution in [2.24, 2.45) is 17.8 Å². The number of piperidine rings is 1. The Morgan fingerprint density at radius 2 is 1.96 bits per heavy atom. The maximum Gasteiger partial charge on any atom is 0.249 e. The second kappa shape index (κ2) is 6.11. The lowest BCUT2D eigenvalue weighted by atomic mass is 9.80. The largest absolute Gasteiger partial charge is 0.342 e. The van der Waals surface area contributed by atoms with Crippen molar-refractivity contribution in [2.45, 2.75) is 50.9 Å². The molecule has 2 aliphatic carbocycles. The van der Waals surface area contributed by atoms with Gasteiger partial charge in [0.15, 0.2) is 0 Å². The third-order valence-corrected chi connectivity index (χ3v) is 7.00. The minimum absolute atomic E-state index is 0.0862. The van der Waals surface area contributed by atoms with Crippen molar-refractivity contribution in [2.75, 3.05) is 31.1 Å². The van der Waals surface area contributed by atoms with Gasteiger partial charge in [0.1, 0.15) is 0 Å². The van der Waals surface area contributed by atoms with Gasteiger partial charge in [-0.3, -0.25) is 4.79 Å². The number of amides is 1. The number of anilines is 1. The predicted octanol–water partition coefficient (Wildman–Crippen LogP) is 2.86. The van der Waals surface area contributed by atoms with Crippen LogP contribution in [0.2, 0.25) is 0 Å². The van der Waals surface area contributed by atoms with Crippen LogP contribution >= 0.6 is 0 Å². The Kier molecular flexibility index (Phi) is 3.92. The van der Waals surface area contributed by atoms with Gasteiger partial charge in [-0.1, -0.05) is 6.92 Å². The monoisotopic (exact) mass is 376 g/mol. The fourth-order valence-electron chi connectivity index (χ4n) is 5.20. The van der Waals surface area contributed by atoms with E-state index in [1.807, 2.05) is 6.20 Å². The second-order valence-electron chi connectivity index (χ2n) is 9.02. The normalized spacial score (nSPS) is 30.2. The van der Waals surface area contributed by atoms with Crippen LogP contribution in [0.1, 0.15) is 49.8 Å². The topological polar surface area (TPSA) is 49.3 Å². The van der Waals surface area contributed by atoms with Crippen LogP contribution in [0.3, 0.4) is 0 Å². The fourth-order valence-corrected chi connectivity index (χ4v) is 5.20. The van der Waals surface area contributed by atoms with Crippen LogP contribution in [0.25, 0.3) is 0 Å². The van der Waals surface area contributed by atoms with Crippen LogP contribution in [0, 0.1) is 17.8 Å². The molecule has 3 fully saturated rings. The SMILES string of the molecule is CC1CCN(c2ncc3c(n2)CC2CN(C(=O)C4CC(F)(F)C4)CC32)CC1. The average Bonchev–Trinajstić information content (AvgIpc) is 3.17. The average molecular weight is 376 g/mol. The number of halogens is 2. The second-order valence-corrected chi connectivity index (χ2v) is 9.02. The van der Waals surface area contributed by atoms with Crippen LogP contribution in [-0.2, 0) is 11.2 Å². The highest BCUT2D eigenvalue weighted by Crippen LogP contribution is 2.46. The third-order valence-electron chi connectivity index (χ3n) is 7.00. The molecule has 1 aromatic heterocycles. The molecule has 1 amide bonds. The maximum absolute atomic E-state index is 13.1. The van der Waals surface area contributed by atoms with Crippen LogP contribution in [0.5, 0.6) is 0 Å². The smallest absolute Gasteiger partial charge is 0.249 e. The van der Waals surface area contributed by atoms with E-state index < -0.39 is 11.8 Å². The zero-order valence-corrected chi connectivity index (χ0v) is 15.7. The Labute approximate surface area is 158 Å². The number of likely N-dealkylation sites (tertiary alicyclic amines) is 1. The molecule has 7 heteroatoms. The van der Waals surface area contributed by atoms with Crippen LogP contribution in [-0.4, -0.2) is 52.9 Å². The van der Waals surface area contributed by atoms with E-state index in [0.717, 1.165) is 42.6 Å². The molecule has 0 spiro atoms. The summed E-state index contributed by atoms with van der Waals surface area (Å²) in [6.07, 6.45) is 4.62. The standard InChI is InChI=1S/C20H26F2N4O/c1-12-2-4-25(5-3-12)19-23-9-15-16-11-26(10-13(16)6-17(15)24-19)18(27)14-7-20(21,22)8-14/h9,12-14,16H,2-8,10-11H2,1H3. The van der Waals surface area contributed by atoms with Crippen molar-refractivity contribution in [3.8, 4) is 0 Å². The van der Waals surface area contributed by atoms with Crippen molar-refractivity contribution >= 4 is 11.9 Å². The first kappa shape index (κ1) is 17.3. The van der Waals surface area contributed by atoms with Crippen molar-refractivity contribution in [1.29, 1.82) is 0 Å². The van der Waals surface area contributed by atoms with Gasteiger partial charge in [-0.2, -0.15) is 0 Å². The molecule has 0 bridgehead atoms. The van der Waals surface area contributed by atoms with E-state index in [0.29, 0.717) is 19.0 Å². The van der Waals surface area contributed by atoms with E-state index in [4.69, 9.17) is 4.98 Å². The number of nitrogens with zero attached hydrogens (tertiary/aromatic N) is 4. The summed E-state index contributed by atoms with van der Waals surface area (Å²) in [4.78, 5) is 26.1. The Balaban J connectivity index is 1.26. The molecule has 2 atom stereocenters. The minimum atomic E-state index is -2.64. The van der Waals surface area contributed by atoms with Crippen molar-refractivity contribution in [3.05, 3.63) is 17.5 Å². The van der Waals surface area contributed by atoms with Gasteiger partial charge in [0.25, 0.3) is 0 Å². The summed E-state index contributed by atoms with van der Waals surface area (Å²) in [6.45, 7) is 5.61. The number of aromatic nitrogens is 2. The van der Waals surface area contributed by atoms with Crippen molar-refractivity contribution in [1.82, 2.24) is 14.9 Å². The maximum atomic E-state index is 13.1. The zero-order valence-electron chi connectivity index (χ0n) is 15.7. The van der Waals surface area contributed by atoms with E-state index in [9.17, 15) is 13.6 Å². The first-order valence-corrected chi connectivity index (χ1v) is 10.2. The number of carbonyl (C=O) groups excluding carboxylic acids is 1. The molecule has 1 saturated carbocycles. The van der Waals surface area contributed by atoms with E-state index in [-0.39, 0.29) is 24.7 Å². The summed E-state index contributed by atoms with van der Waals surface area (Å²) in [7, 11) is 0. The Bertz CT molecular complexity index is 754. The number of hydrogen-bond donors (Lipinski definition) is 0. The molecule has 4 aliphatic rings. The van der Waals surface area contributed by atoms with E-state index in [1.165, 1.54) is 12.8 Å². The van der Waals surface area contributed by atoms with Gasteiger partial charge in [-0.15, -0.1) is 0 Å². The zero-order chi connectivity index (χ0) is 18.8. The van der Waals surface area contributed by atoms with Gasteiger partial charge < -0.3 is 9.80 Å². The Morgan fingerprint density at radius 1 is 1.22 bits per heavy atom. The molecule has 0 N–H and O–H groups in total. The van der Waals surface area contributed by atoms with Crippen LogP contribution in [0.15, 0.2) is 6.20 Å². The van der Waals surface area contributed by atoms with Gasteiger partial charge in [-0.05, 0) is 36.7 Å². The van der Waals surface area contributed by atoms with E-state index >= 15 is 0 Å². The highest BCUT2D eigenvalue weighted by atomic mass is 19.3. The third kappa shape index (κ3) is 2.99. The lowest BCUT2D eigenvalue weighted by molar-refractivity contribution is -0.159. The van der Waals surface area contributed by atoms with Gasteiger partial charge in [0.05, 0.1) is 0 Å². The number of fused-ring (bicyclic) bond motifs is 3. The minimum Gasteiger partial charge on any atom is -0.342 e. The fraction of sp³-hybridized carbons (Fsp3) is 0.750. The molecule has 5 rings (SSSR count). The van der Waals surface area contributed by atoms with E-state index in [1.54, 1.807) is 4.90 Å². The number of carbonyl (C=O) groups is 1. The van der Waals surface area contributed by atoms with Crippen LogP contribution in [0.4, 0.5) is 14.7 Å². The summed E-state index contributed by atoms with van der Waals surface area (Å²) in [5, 5.41) is 0. The van der Waals surface area contributed by atoms with Crippen LogP contribution < -0.4 is 4.90 Å². The molecule has 3 heterocycles. The lowest BCUT2D eigenvalue weighted by Gasteiger charge is -2.36. The van der Waals surface area contributed by atoms with Gasteiger partial charge >= 0.3 is 0 Å². The number of rotatable bonds is 2. The van der Waals surface area contributed by atoms with Gasteiger partial charge in [0, 0.05) is 62.7 Å². The van der Waals surface area contributed by atoms with Crippen molar-refractivity contribution < 1.29 is 13.6 Å². The summed E-state index contributed by atoms with van der Waals surface area (Å²) in [5.41, 5.74) is 2.28. The quantitative estimate of drug-likeness (QED) is 0.796. The predicted molar refractivity (Wildman–Crippen MR) is 96.8 cm³/mol. The molecule has 146 valence electrons. The van der Waals surface area contributed by atoms with Gasteiger partial charge in [0.2, 0.25) is 17.8 Å². The summed E-state index contributed by atoms with van der Waals surface area (Å²) in [6, 6.07) is 0. The van der Waals surface area contributed by atoms with Crippen molar-refractivity contribution in [3.63, 3.8) is 0 Å². The molecular weight excluding hydrogens is 350 g/mol. The lowest BCUT2D eigenvalue weighted by Crippen LogP contribution is -2.46. The molecule has 0 aromatic carbocycles. The van der Waals surface area contributed by atoms with Gasteiger partial charge in [-0.25, -0.2) is 18.7 Å². The molecule has 0 radical (unpaired) electrons. The number of alkyl halides is 2. The molecule has 2 aliphatic heterocycles. The first-order valence-electron chi connectivity index (χ1n) is 10.2. The molecular formula is C20H26F2N4O. The molecule has 2 saturated heterocycles. The molecule has 27 heavy (non-hydrogen) atoms. The highest BCUT2D eigenvalue weighted by Gasteiger charge is 2.52. The highest BCUT2D eigenvalue weighted by molar-refractivity contribution is 5.80. The first-order chi connectivity index (χ1) is 12.9. The summed E-state index contributed by atoms with van der Waals surface area (Å²) in [5.74, 6) is -0.982. The molecule has 1 aromatic rings.